The lowest BCUT2D eigenvalue weighted by atomic mass is 10.1. The van der Waals surface area contributed by atoms with Crippen LogP contribution in [-0.2, 0) is 9.59 Å². The molecule has 4 N–H and O–H groups in total. The third-order valence-electron chi connectivity index (χ3n) is 2.97. The van der Waals surface area contributed by atoms with Gasteiger partial charge in [0.25, 0.3) is 0 Å². The van der Waals surface area contributed by atoms with E-state index in [0.29, 0.717) is 38.5 Å². The largest absolute Gasteiger partial charge is 0.481 e. The quantitative estimate of drug-likeness (QED) is 0.390. The van der Waals surface area contributed by atoms with E-state index >= 15 is 0 Å². The zero-order valence-electron chi connectivity index (χ0n) is 13.7. The number of carboxylic acids is 2. The van der Waals surface area contributed by atoms with Gasteiger partial charge in [-0.05, 0) is 38.5 Å². The van der Waals surface area contributed by atoms with Crippen LogP contribution in [0.5, 0.6) is 0 Å². The number of unbranched alkanes of at least 4 members (excludes halogenated alkanes) is 4. The second-order valence-corrected chi connectivity index (χ2v) is 5.31. The van der Waals surface area contributed by atoms with Gasteiger partial charge in [-0.3, -0.25) is 9.59 Å². The molecular weight excluding hydrogens is 316 g/mol. The number of carboxylic acid groups (broad SMARTS) is 2. The van der Waals surface area contributed by atoms with Crippen LogP contribution in [0, 0.1) is 22.7 Å². The van der Waals surface area contributed by atoms with Crippen molar-refractivity contribution in [1.82, 2.24) is 0 Å². The number of rotatable bonds is 12. The summed E-state index contributed by atoms with van der Waals surface area (Å²) >= 11 is 0. The van der Waals surface area contributed by atoms with Gasteiger partial charge in [0.1, 0.15) is 0 Å². The maximum Gasteiger partial charge on any atom is 0.305 e. The molecule has 0 aliphatic heterocycles. The van der Waals surface area contributed by atoms with Crippen LogP contribution in [0.15, 0.2) is 0 Å². The molecule has 0 radical (unpaired) electrons. The zero-order valence-corrected chi connectivity index (χ0v) is 13.7. The molecule has 2 atom stereocenters. The fourth-order valence-corrected chi connectivity index (χ4v) is 1.78. The lowest BCUT2D eigenvalue weighted by Gasteiger charge is -2.05. The molecule has 136 valence electrons. The van der Waals surface area contributed by atoms with Crippen molar-refractivity contribution in [1.29, 1.82) is 10.5 Å². The maximum atomic E-state index is 10.1. The van der Waals surface area contributed by atoms with Gasteiger partial charge in [-0.15, -0.1) is 0 Å². The summed E-state index contributed by atoms with van der Waals surface area (Å²) in [6, 6.07) is 3.97. The van der Waals surface area contributed by atoms with Gasteiger partial charge in [-0.25, -0.2) is 0 Å². The normalized spacial score (nSPS) is 12.0. The van der Waals surface area contributed by atoms with E-state index in [2.05, 4.69) is 0 Å². The fraction of sp³-hybridized carbons (Fsp3) is 0.750. The molecule has 0 saturated heterocycles. The van der Waals surface area contributed by atoms with Crippen molar-refractivity contribution in [3.8, 4) is 12.1 Å². The molecule has 24 heavy (non-hydrogen) atoms. The zero-order chi connectivity index (χ0) is 18.8. The molecule has 0 fully saturated rings. The van der Waals surface area contributed by atoms with Crippen LogP contribution < -0.4 is 0 Å². The highest BCUT2D eigenvalue weighted by Gasteiger charge is 2.08. The first-order valence-corrected chi connectivity index (χ1v) is 7.87. The van der Waals surface area contributed by atoms with Crippen molar-refractivity contribution in [2.45, 2.75) is 76.4 Å². The minimum Gasteiger partial charge on any atom is -0.481 e. The molecule has 2 unspecified atom stereocenters. The molecule has 0 aromatic heterocycles. The number of aliphatic hydroxyl groups excluding tert-OH is 2. The standard InChI is InChI=1S/2C8H13NO3/c2*9-5-3-1-2-4-7(10)6-8(11)12/h2*7,10H,1-4,6H2,(H,11,12). The van der Waals surface area contributed by atoms with E-state index in [1.54, 1.807) is 0 Å². The minimum atomic E-state index is -0.984. The predicted molar refractivity (Wildman–Crippen MR) is 84.7 cm³/mol. The first kappa shape index (κ1) is 24.1. The van der Waals surface area contributed by atoms with Gasteiger partial charge in [-0.1, -0.05) is 0 Å². The van der Waals surface area contributed by atoms with Crippen LogP contribution in [0.4, 0.5) is 0 Å². The molecule has 0 aliphatic carbocycles. The number of hydrogen-bond acceptors (Lipinski definition) is 6. The third kappa shape index (κ3) is 22.1. The van der Waals surface area contributed by atoms with Gasteiger partial charge >= 0.3 is 11.9 Å². The molecule has 0 aliphatic rings. The Balaban J connectivity index is 0. The topological polar surface area (TPSA) is 163 Å². The van der Waals surface area contributed by atoms with Gasteiger partial charge < -0.3 is 20.4 Å². The van der Waals surface area contributed by atoms with E-state index in [0.717, 1.165) is 12.8 Å². The Morgan fingerprint density at radius 3 is 1.33 bits per heavy atom. The van der Waals surface area contributed by atoms with E-state index in [1.165, 1.54) is 0 Å². The van der Waals surface area contributed by atoms with Crippen LogP contribution >= 0.6 is 0 Å². The van der Waals surface area contributed by atoms with Crippen molar-refractivity contribution in [3.63, 3.8) is 0 Å². The summed E-state index contributed by atoms with van der Waals surface area (Å²) in [5.74, 6) is -1.97. The van der Waals surface area contributed by atoms with Crippen LogP contribution in [-0.4, -0.2) is 44.6 Å². The number of carbonyl (C=O) groups is 2. The van der Waals surface area contributed by atoms with Gasteiger partial charge in [-0.2, -0.15) is 10.5 Å². The second-order valence-electron chi connectivity index (χ2n) is 5.31. The summed E-state index contributed by atoms with van der Waals surface area (Å²) < 4.78 is 0. The Kier molecular flexibility index (Phi) is 17.3. The van der Waals surface area contributed by atoms with Crippen molar-refractivity contribution < 1.29 is 30.0 Å². The van der Waals surface area contributed by atoms with Crippen LogP contribution in [0.2, 0.25) is 0 Å². The molecule has 0 aromatic rings. The number of nitrogens with zero attached hydrogens (tertiary/aromatic N) is 2. The Morgan fingerprint density at radius 1 is 0.750 bits per heavy atom. The Morgan fingerprint density at radius 2 is 1.08 bits per heavy atom. The van der Waals surface area contributed by atoms with Crippen molar-refractivity contribution in [3.05, 3.63) is 0 Å². The molecule has 0 amide bonds. The van der Waals surface area contributed by atoms with Gasteiger partial charge in [0.05, 0.1) is 37.2 Å². The first-order valence-electron chi connectivity index (χ1n) is 7.87. The molecule has 0 heterocycles. The SMILES string of the molecule is N#CCCCCC(O)CC(=O)O.N#CCCCCC(O)CC(=O)O. The van der Waals surface area contributed by atoms with Crippen LogP contribution in [0.25, 0.3) is 0 Å². The van der Waals surface area contributed by atoms with E-state index < -0.39 is 24.1 Å². The van der Waals surface area contributed by atoms with E-state index in [4.69, 9.17) is 30.9 Å². The second kappa shape index (κ2) is 17.2. The highest BCUT2D eigenvalue weighted by Crippen LogP contribution is 2.06. The molecule has 0 spiro atoms. The molecule has 0 aromatic carbocycles. The number of nitriles is 2. The van der Waals surface area contributed by atoms with Crippen molar-refractivity contribution in [2.75, 3.05) is 0 Å². The van der Waals surface area contributed by atoms with Crippen LogP contribution in [0.3, 0.4) is 0 Å². The van der Waals surface area contributed by atoms with E-state index in [1.807, 2.05) is 12.1 Å². The average molecular weight is 342 g/mol. The summed E-state index contributed by atoms with van der Waals surface area (Å²) in [6.07, 6.45) is 2.83. The minimum absolute atomic E-state index is 0.202. The third-order valence-corrected chi connectivity index (χ3v) is 2.97. The number of aliphatic carboxylic acids is 2. The van der Waals surface area contributed by atoms with Gasteiger partial charge in [0.2, 0.25) is 0 Å². The first-order chi connectivity index (χ1) is 11.3. The lowest BCUT2D eigenvalue weighted by Crippen LogP contribution is -2.12. The summed E-state index contributed by atoms with van der Waals surface area (Å²) in [6.45, 7) is 0. The number of hydrogen-bond donors (Lipinski definition) is 4. The van der Waals surface area contributed by atoms with Gasteiger partial charge in [0.15, 0.2) is 0 Å². The summed E-state index contributed by atoms with van der Waals surface area (Å²) in [4.78, 5) is 20.2. The van der Waals surface area contributed by atoms with Gasteiger partial charge in [0, 0.05) is 12.8 Å². The van der Waals surface area contributed by atoms with Crippen molar-refractivity contribution in [2.24, 2.45) is 0 Å². The smallest absolute Gasteiger partial charge is 0.305 e. The molecule has 0 saturated carbocycles. The Labute approximate surface area is 142 Å². The Hall–Kier alpha value is -2.16. The average Bonchev–Trinajstić information content (AvgIpc) is 2.47. The summed E-state index contributed by atoms with van der Waals surface area (Å²) in [7, 11) is 0. The highest BCUT2D eigenvalue weighted by molar-refractivity contribution is 5.67. The summed E-state index contributed by atoms with van der Waals surface area (Å²) in [5, 5.41) is 51.0. The number of aliphatic hydroxyl groups is 2. The van der Waals surface area contributed by atoms with E-state index in [-0.39, 0.29) is 12.8 Å². The van der Waals surface area contributed by atoms with Crippen molar-refractivity contribution >= 4 is 11.9 Å². The van der Waals surface area contributed by atoms with E-state index in [9.17, 15) is 9.59 Å². The highest BCUT2D eigenvalue weighted by atomic mass is 16.4. The summed E-state index contributed by atoms with van der Waals surface area (Å²) in [5.41, 5.74) is 0. The lowest BCUT2D eigenvalue weighted by molar-refractivity contribution is -0.140. The molecule has 8 heteroatoms. The molecular formula is C16H26N2O6. The predicted octanol–water partition coefficient (Wildman–Crippen LogP) is 1.81. The molecule has 8 nitrogen and oxygen atoms in total. The van der Waals surface area contributed by atoms with Crippen LogP contribution in [0.1, 0.15) is 64.2 Å². The molecule has 0 bridgehead atoms. The monoisotopic (exact) mass is 342 g/mol. The molecule has 0 rings (SSSR count). The Bertz CT molecular complexity index is 387. The fourth-order valence-electron chi connectivity index (χ4n) is 1.78. The maximum absolute atomic E-state index is 10.1.